The quantitative estimate of drug-likeness (QED) is 0.848. The molecule has 0 aliphatic heterocycles. The zero-order chi connectivity index (χ0) is 13.8. The Morgan fingerprint density at radius 2 is 2.06 bits per heavy atom. The van der Waals surface area contributed by atoms with Crippen molar-refractivity contribution in [1.29, 1.82) is 0 Å². The van der Waals surface area contributed by atoms with Crippen LogP contribution in [0.3, 0.4) is 0 Å². The second kappa shape index (κ2) is 6.34. The van der Waals surface area contributed by atoms with Gasteiger partial charge in [0.15, 0.2) is 0 Å². The van der Waals surface area contributed by atoms with Gasteiger partial charge in [-0.1, -0.05) is 27.7 Å². The summed E-state index contributed by atoms with van der Waals surface area (Å²) in [5.41, 5.74) is 7.41. The maximum atomic E-state index is 6.34. The molecule has 1 rings (SSSR count). The Bertz CT molecular complexity index is 354. The lowest BCUT2D eigenvalue weighted by atomic mass is 9.83. The number of nitrogens with two attached hydrogens (primary N) is 1. The molecule has 104 valence electrons. The Kier molecular flexibility index (Phi) is 5.35. The first-order valence-electron chi connectivity index (χ1n) is 6.79. The van der Waals surface area contributed by atoms with E-state index in [4.69, 9.17) is 10.5 Å². The summed E-state index contributed by atoms with van der Waals surface area (Å²) >= 11 is 0. The summed E-state index contributed by atoms with van der Waals surface area (Å²) in [5.74, 6) is 0. The first-order chi connectivity index (χ1) is 8.40. The van der Waals surface area contributed by atoms with Gasteiger partial charge in [-0.3, -0.25) is 4.68 Å². The Hall–Kier alpha value is -0.870. The number of hydrogen-bond donors (Lipinski definition) is 1. The number of ether oxygens (including phenoxy) is 1. The third-order valence-corrected chi connectivity index (χ3v) is 3.02. The molecule has 0 aliphatic rings. The van der Waals surface area contributed by atoms with Crippen LogP contribution in [0.4, 0.5) is 0 Å². The topological polar surface area (TPSA) is 53.1 Å². The van der Waals surface area contributed by atoms with Crippen LogP contribution >= 0.6 is 0 Å². The average molecular weight is 253 g/mol. The summed E-state index contributed by atoms with van der Waals surface area (Å²) in [7, 11) is 0. The number of aromatic nitrogens is 2. The van der Waals surface area contributed by atoms with E-state index in [1.54, 1.807) is 0 Å². The van der Waals surface area contributed by atoms with Crippen molar-refractivity contribution in [2.24, 2.45) is 11.1 Å². The lowest BCUT2D eigenvalue weighted by Gasteiger charge is -2.34. The molecule has 0 fully saturated rings. The van der Waals surface area contributed by atoms with Gasteiger partial charge >= 0.3 is 0 Å². The molecular formula is C14H27N3O. The van der Waals surface area contributed by atoms with E-state index in [9.17, 15) is 0 Å². The van der Waals surface area contributed by atoms with Crippen LogP contribution in [0.5, 0.6) is 0 Å². The molecule has 4 heteroatoms. The molecule has 0 radical (unpaired) electrons. The van der Waals surface area contributed by atoms with Crippen LogP contribution in [-0.4, -0.2) is 22.5 Å². The Morgan fingerprint density at radius 3 is 2.56 bits per heavy atom. The minimum Gasteiger partial charge on any atom is -0.376 e. The van der Waals surface area contributed by atoms with Crippen molar-refractivity contribution in [3.8, 4) is 0 Å². The van der Waals surface area contributed by atoms with Gasteiger partial charge in [0.1, 0.15) is 0 Å². The monoisotopic (exact) mass is 253 g/mol. The molecule has 0 aromatic carbocycles. The molecule has 2 N–H and O–H groups in total. The van der Waals surface area contributed by atoms with Crippen molar-refractivity contribution < 1.29 is 4.74 Å². The highest BCUT2D eigenvalue weighted by atomic mass is 16.5. The molecule has 0 spiro atoms. The first-order valence-corrected chi connectivity index (χ1v) is 6.79. The number of hydrogen-bond acceptors (Lipinski definition) is 3. The van der Waals surface area contributed by atoms with Crippen molar-refractivity contribution >= 4 is 0 Å². The predicted molar refractivity (Wildman–Crippen MR) is 74.3 cm³/mol. The molecule has 0 bridgehead atoms. The predicted octanol–water partition coefficient (Wildman–Crippen LogP) is 2.74. The van der Waals surface area contributed by atoms with Crippen molar-refractivity contribution in [2.75, 3.05) is 6.61 Å². The lowest BCUT2D eigenvalue weighted by molar-refractivity contribution is -0.0283. The van der Waals surface area contributed by atoms with E-state index in [1.165, 1.54) is 0 Å². The second-order valence-electron chi connectivity index (χ2n) is 5.80. The van der Waals surface area contributed by atoms with E-state index in [-0.39, 0.29) is 17.6 Å². The molecule has 4 nitrogen and oxygen atoms in total. The normalized spacial score (nSPS) is 15.7. The van der Waals surface area contributed by atoms with Gasteiger partial charge in [-0.15, -0.1) is 0 Å². The first kappa shape index (κ1) is 15.2. The van der Waals surface area contributed by atoms with Crippen LogP contribution in [-0.2, 0) is 11.3 Å². The zero-order valence-electron chi connectivity index (χ0n) is 12.3. The summed E-state index contributed by atoms with van der Waals surface area (Å²) in [6, 6.07) is -0.129. The summed E-state index contributed by atoms with van der Waals surface area (Å²) < 4.78 is 7.78. The molecule has 0 saturated heterocycles. The third-order valence-electron chi connectivity index (χ3n) is 3.02. The van der Waals surface area contributed by atoms with Crippen molar-refractivity contribution in [1.82, 2.24) is 9.78 Å². The Morgan fingerprint density at radius 1 is 1.39 bits per heavy atom. The minimum atomic E-state index is -0.129. The summed E-state index contributed by atoms with van der Waals surface area (Å²) in [6.45, 7) is 12.2. The summed E-state index contributed by atoms with van der Waals surface area (Å²) in [4.78, 5) is 0. The molecule has 1 aromatic heterocycles. The molecule has 2 unspecified atom stereocenters. The van der Waals surface area contributed by atoms with Crippen LogP contribution < -0.4 is 5.73 Å². The van der Waals surface area contributed by atoms with E-state index in [0.717, 1.165) is 18.5 Å². The van der Waals surface area contributed by atoms with Gasteiger partial charge in [-0.25, -0.2) is 0 Å². The third kappa shape index (κ3) is 3.82. The summed E-state index contributed by atoms with van der Waals surface area (Å²) in [5, 5.41) is 4.33. The second-order valence-corrected chi connectivity index (χ2v) is 5.80. The van der Waals surface area contributed by atoms with E-state index in [2.05, 4.69) is 32.8 Å². The smallest absolute Gasteiger partial charge is 0.0816 e. The van der Waals surface area contributed by atoms with E-state index in [1.807, 2.05) is 24.0 Å². The molecular weight excluding hydrogens is 226 g/mol. The number of nitrogens with zero attached hydrogens (tertiary/aromatic N) is 2. The van der Waals surface area contributed by atoms with Gasteiger partial charge in [0.25, 0.3) is 0 Å². The number of aryl methyl sites for hydroxylation is 1. The molecule has 0 saturated carbocycles. The van der Waals surface area contributed by atoms with Gasteiger partial charge in [0.05, 0.1) is 18.3 Å². The zero-order valence-corrected chi connectivity index (χ0v) is 12.3. The van der Waals surface area contributed by atoms with E-state index < -0.39 is 0 Å². The van der Waals surface area contributed by atoms with Gasteiger partial charge < -0.3 is 10.5 Å². The maximum Gasteiger partial charge on any atom is 0.0816 e. The molecule has 1 aromatic rings. The molecule has 0 amide bonds. The van der Waals surface area contributed by atoms with Crippen LogP contribution in [0.25, 0.3) is 0 Å². The highest BCUT2D eigenvalue weighted by Gasteiger charge is 2.32. The number of rotatable bonds is 6. The van der Waals surface area contributed by atoms with Crippen molar-refractivity contribution in [3.63, 3.8) is 0 Å². The van der Waals surface area contributed by atoms with Crippen LogP contribution in [0.15, 0.2) is 12.4 Å². The van der Waals surface area contributed by atoms with E-state index in [0.29, 0.717) is 6.61 Å². The SMILES string of the molecule is CCCn1cc(C(N)C(OCC)C(C)(C)C)cn1. The molecule has 2 atom stereocenters. The average Bonchev–Trinajstić information content (AvgIpc) is 2.72. The van der Waals surface area contributed by atoms with Crippen molar-refractivity contribution in [3.05, 3.63) is 18.0 Å². The lowest BCUT2D eigenvalue weighted by Crippen LogP contribution is -2.39. The van der Waals surface area contributed by atoms with Gasteiger partial charge in [0, 0.05) is 24.9 Å². The van der Waals surface area contributed by atoms with Gasteiger partial charge in [-0.2, -0.15) is 5.10 Å². The molecule has 0 aliphatic carbocycles. The van der Waals surface area contributed by atoms with E-state index >= 15 is 0 Å². The van der Waals surface area contributed by atoms with Crippen LogP contribution in [0.1, 0.15) is 52.6 Å². The standard InChI is InChI=1S/C14H27N3O/c1-6-8-17-10-11(9-16-17)12(15)13(18-7-2)14(3,4)5/h9-10,12-13H,6-8,15H2,1-5H3. The van der Waals surface area contributed by atoms with Crippen LogP contribution in [0, 0.1) is 5.41 Å². The van der Waals surface area contributed by atoms with Crippen molar-refractivity contribution in [2.45, 2.75) is 59.7 Å². The highest BCUT2D eigenvalue weighted by Crippen LogP contribution is 2.31. The largest absolute Gasteiger partial charge is 0.376 e. The Labute approximate surface area is 111 Å². The maximum absolute atomic E-state index is 6.34. The van der Waals surface area contributed by atoms with Gasteiger partial charge in [0.2, 0.25) is 0 Å². The molecule has 1 heterocycles. The van der Waals surface area contributed by atoms with Gasteiger partial charge in [-0.05, 0) is 18.8 Å². The minimum absolute atomic E-state index is 0.00164. The fourth-order valence-corrected chi connectivity index (χ4v) is 2.15. The fraction of sp³-hybridized carbons (Fsp3) is 0.786. The fourth-order valence-electron chi connectivity index (χ4n) is 2.15. The highest BCUT2D eigenvalue weighted by molar-refractivity contribution is 5.13. The summed E-state index contributed by atoms with van der Waals surface area (Å²) in [6.07, 6.45) is 4.97. The molecule has 18 heavy (non-hydrogen) atoms. The Balaban J connectivity index is 2.84. The van der Waals surface area contributed by atoms with Crippen LogP contribution in [0.2, 0.25) is 0 Å².